The Labute approximate surface area is 169 Å². The maximum Gasteiger partial charge on any atom is 0.416 e. The average molecular weight is 417 g/mol. The first kappa shape index (κ1) is 21.0. The summed E-state index contributed by atoms with van der Waals surface area (Å²) in [5.74, 6) is -0.979. The number of hydrogen-bond acceptors (Lipinski definition) is 2. The van der Waals surface area contributed by atoms with Crippen LogP contribution in [0.4, 0.5) is 18.9 Å². The quantitative estimate of drug-likeness (QED) is 0.495. The molecule has 0 aliphatic rings. The summed E-state index contributed by atoms with van der Waals surface area (Å²) in [6.07, 6.45) is -2.81. The van der Waals surface area contributed by atoms with E-state index in [2.05, 4.69) is 29.9 Å². The molecule has 1 atom stereocenters. The van der Waals surface area contributed by atoms with E-state index in [0.29, 0.717) is 22.8 Å². The number of nitrogens with zero attached hydrogens (tertiary/aromatic N) is 1. The summed E-state index contributed by atoms with van der Waals surface area (Å²) in [6, 6.07) is 14.8. The topological polar surface area (TPSA) is 42.0 Å². The summed E-state index contributed by atoms with van der Waals surface area (Å²) < 4.78 is 39.6. The molecule has 29 heavy (non-hydrogen) atoms. The van der Waals surface area contributed by atoms with Gasteiger partial charge in [-0.1, -0.05) is 56.0 Å². The Morgan fingerprint density at radius 3 is 2.45 bits per heavy atom. The van der Waals surface area contributed by atoms with Crippen LogP contribution < -0.4 is 5.32 Å². The number of hydrogen-bond donors (Lipinski definition) is 1. The number of benzene rings is 2. The molecule has 1 aromatic heterocycles. The van der Waals surface area contributed by atoms with Gasteiger partial charge in [0.15, 0.2) is 0 Å². The third-order valence-corrected chi connectivity index (χ3v) is 6.27. The molecular formula is C22H23F3N2OSi. The van der Waals surface area contributed by atoms with Crippen LogP contribution in [0.15, 0.2) is 60.8 Å². The summed E-state index contributed by atoms with van der Waals surface area (Å²) in [4.78, 5) is 17.5. The molecular weight excluding hydrogens is 393 g/mol. The number of pyridine rings is 1. The van der Waals surface area contributed by atoms with E-state index in [1.165, 1.54) is 6.07 Å². The highest BCUT2D eigenvalue weighted by Crippen LogP contribution is 2.34. The Morgan fingerprint density at radius 1 is 1.07 bits per heavy atom. The summed E-state index contributed by atoms with van der Waals surface area (Å²) in [7, 11) is -1.76. The van der Waals surface area contributed by atoms with E-state index in [4.69, 9.17) is 0 Å². The molecule has 1 amide bonds. The Bertz CT molecular complexity index is 1020. The maximum atomic E-state index is 13.2. The van der Waals surface area contributed by atoms with E-state index in [1.807, 2.05) is 24.3 Å². The van der Waals surface area contributed by atoms with Crippen molar-refractivity contribution in [2.75, 3.05) is 5.32 Å². The van der Waals surface area contributed by atoms with Crippen molar-refractivity contribution in [2.45, 2.75) is 37.8 Å². The zero-order chi connectivity index (χ0) is 21.2. The number of anilines is 1. The normalized spacial score (nSPS) is 13.3. The van der Waals surface area contributed by atoms with E-state index < -0.39 is 25.7 Å². The fourth-order valence-corrected chi connectivity index (χ4v) is 4.98. The van der Waals surface area contributed by atoms with Crippen molar-refractivity contribution >= 4 is 30.6 Å². The van der Waals surface area contributed by atoms with Crippen molar-refractivity contribution in [3.05, 3.63) is 71.9 Å². The maximum absolute atomic E-state index is 13.2. The monoisotopic (exact) mass is 416 g/mol. The summed E-state index contributed by atoms with van der Waals surface area (Å²) >= 11 is 0. The van der Waals surface area contributed by atoms with Crippen molar-refractivity contribution in [2.24, 2.45) is 0 Å². The van der Waals surface area contributed by atoms with Crippen LogP contribution in [0, 0.1) is 0 Å². The molecule has 2 aromatic carbocycles. The van der Waals surface area contributed by atoms with Crippen LogP contribution in [0.5, 0.6) is 0 Å². The molecule has 0 saturated heterocycles. The van der Waals surface area contributed by atoms with E-state index in [9.17, 15) is 18.0 Å². The number of carbonyl (C=O) groups is 1. The first-order chi connectivity index (χ1) is 13.5. The molecule has 1 unspecified atom stereocenters. The van der Waals surface area contributed by atoms with E-state index >= 15 is 0 Å². The van der Waals surface area contributed by atoms with Crippen LogP contribution in [0.1, 0.15) is 17.0 Å². The SMILES string of the molecule is C[Si](C)(C)CC(C(=O)Nc1cccc2cccnc12)c1cccc(C(F)(F)F)c1. The van der Waals surface area contributed by atoms with Gasteiger partial charge in [0.2, 0.25) is 5.91 Å². The molecule has 1 N–H and O–H groups in total. The van der Waals surface area contributed by atoms with E-state index in [-0.39, 0.29) is 5.91 Å². The van der Waals surface area contributed by atoms with Crippen molar-refractivity contribution in [3.8, 4) is 0 Å². The van der Waals surface area contributed by atoms with E-state index in [1.54, 1.807) is 18.3 Å². The lowest BCUT2D eigenvalue weighted by Crippen LogP contribution is -2.30. The van der Waals surface area contributed by atoms with Gasteiger partial charge in [0.1, 0.15) is 0 Å². The lowest BCUT2D eigenvalue weighted by molar-refractivity contribution is -0.137. The summed E-state index contributed by atoms with van der Waals surface area (Å²) in [5, 5.41) is 3.78. The lowest BCUT2D eigenvalue weighted by atomic mass is 9.97. The van der Waals surface area contributed by atoms with Crippen LogP contribution >= 0.6 is 0 Å². The number of para-hydroxylation sites is 1. The van der Waals surface area contributed by atoms with Crippen LogP contribution in [0.2, 0.25) is 25.7 Å². The molecule has 152 valence electrons. The van der Waals surface area contributed by atoms with E-state index in [0.717, 1.165) is 17.5 Å². The van der Waals surface area contributed by atoms with Crippen LogP contribution in [-0.2, 0) is 11.0 Å². The standard InChI is InChI=1S/C22H23F3N2OSi/c1-29(2,3)14-18(16-8-4-10-17(13-16)22(23,24)25)21(28)27-19-11-5-7-15-9-6-12-26-20(15)19/h4-13,18H,14H2,1-3H3,(H,27,28). The molecule has 3 nitrogen and oxygen atoms in total. The number of carbonyl (C=O) groups excluding carboxylic acids is 1. The molecule has 0 spiro atoms. The smallest absolute Gasteiger partial charge is 0.324 e. The molecule has 0 bridgehead atoms. The molecule has 0 aliphatic carbocycles. The third kappa shape index (κ3) is 5.23. The van der Waals surface area contributed by atoms with Gasteiger partial charge in [0, 0.05) is 19.7 Å². The second-order valence-electron chi connectivity index (χ2n) is 8.31. The molecule has 3 aromatic rings. The summed E-state index contributed by atoms with van der Waals surface area (Å²) in [6.45, 7) is 6.29. The zero-order valence-electron chi connectivity index (χ0n) is 16.5. The average Bonchev–Trinajstić information content (AvgIpc) is 2.65. The Morgan fingerprint density at radius 2 is 1.76 bits per heavy atom. The van der Waals surface area contributed by atoms with Gasteiger partial charge >= 0.3 is 6.18 Å². The summed E-state index contributed by atoms with van der Waals surface area (Å²) in [5.41, 5.74) is 0.850. The highest BCUT2D eigenvalue weighted by molar-refractivity contribution is 6.76. The minimum absolute atomic E-state index is 0.315. The van der Waals surface area contributed by atoms with Crippen LogP contribution in [0.3, 0.4) is 0 Å². The van der Waals surface area contributed by atoms with Gasteiger partial charge in [-0.3, -0.25) is 9.78 Å². The molecule has 1 heterocycles. The van der Waals surface area contributed by atoms with Gasteiger partial charge in [0.05, 0.1) is 22.7 Å². The Balaban J connectivity index is 1.98. The van der Waals surface area contributed by atoms with Gasteiger partial charge in [-0.15, -0.1) is 0 Å². The molecule has 0 aliphatic heterocycles. The van der Waals surface area contributed by atoms with Crippen molar-refractivity contribution in [1.82, 2.24) is 4.98 Å². The number of aromatic nitrogens is 1. The Kier molecular flexibility index (Phi) is 5.79. The van der Waals surface area contributed by atoms with Crippen molar-refractivity contribution in [3.63, 3.8) is 0 Å². The zero-order valence-corrected chi connectivity index (χ0v) is 17.5. The largest absolute Gasteiger partial charge is 0.416 e. The fourth-order valence-electron chi connectivity index (χ4n) is 3.33. The molecule has 0 saturated carbocycles. The second kappa shape index (κ2) is 7.98. The predicted molar refractivity (Wildman–Crippen MR) is 113 cm³/mol. The minimum atomic E-state index is -4.45. The minimum Gasteiger partial charge on any atom is -0.324 e. The van der Waals surface area contributed by atoms with Crippen LogP contribution in [-0.4, -0.2) is 19.0 Å². The number of nitrogens with one attached hydrogen (secondary N) is 1. The second-order valence-corrected chi connectivity index (χ2v) is 13.8. The highest BCUT2D eigenvalue weighted by Gasteiger charge is 2.33. The van der Waals surface area contributed by atoms with Gasteiger partial charge < -0.3 is 5.32 Å². The van der Waals surface area contributed by atoms with Crippen LogP contribution in [0.25, 0.3) is 10.9 Å². The van der Waals surface area contributed by atoms with Crippen molar-refractivity contribution in [1.29, 1.82) is 0 Å². The third-order valence-electron chi connectivity index (χ3n) is 4.64. The molecule has 3 rings (SSSR count). The van der Waals surface area contributed by atoms with Crippen molar-refractivity contribution < 1.29 is 18.0 Å². The van der Waals surface area contributed by atoms with Gasteiger partial charge in [0.25, 0.3) is 0 Å². The highest BCUT2D eigenvalue weighted by atomic mass is 28.3. The van der Waals surface area contributed by atoms with Gasteiger partial charge in [-0.2, -0.15) is 13.2 Å². The number of fused-ring (bicyclic) bond motifs is 1. The lowest BCUT2D eigenvalue weighted by Gasteiger charge is -2.25. The number of alkyl halides is 3. The Hall–Kier alpha value is -2.67. The number of halogens is 3. The first-order valence-electron chi connectivity index (χ1n) is 9.36. The molecule has 7 heteroatoms. The fraction of sp³-hybridized carbons (Fsp3) is 0.273. The first-order valence-corrected chi connectivity index (χ1v) is 13.1. The van der Waals surface area contributed by atoms with Gasteiger partial charge in [-0.05, 0) is 29.8 Å². The predicted octanol–water partition coefficient (Wildman–Crippen LogP) is 6.31. The molecule has 0 radical (unpaired) electrons. The number of rotatable bonds is 5. The number of amides is 1. The van der Waals surface area contributed by atoms with Gasteiger partial charge in [-0.25, -0.2) is 0 Å². The molecule has 0 fully saturated rings.